The first kappa shape index (κ1) is 20.2. The molecule has 0 saturated heterocycles. The van der Waals surface area contributed by atoms with Gasteiger partial charge in [0.25, 0.3) is 5.91 Å². The number of amides is 1. The highest BCUT2D eigenvalue weighted by molar-refractivity contribution is 6.07. The first-order valence-corrected chi connectivity index (χ1v) is 8.79. The number of aryl methyl sites for hydroxylation is 3. The smallest absolute Gasteiger partial charge is 0.262 e. The Morgan fingerprint density at radius 1 is 1.21 bits per heavy atom. The number of nitrogens with zero attached hydrogens (tertiary/aromatic N) is 3. The van der Waals surface area contributed by atoms with E-state index in [1.807, 2.05) is 24.3 Å². The van der Waals surface area contributed by atoms with Crippen molar-refractivity contribution in [2.45, 2.75) is 13.8 Å². The lowest BCUT2D eigenvalue weighted by atomic mass is 9.99. The van der Waals surface area contributed by atoms with Gasteiger partial charge in [0.15, 0.2) is 0 Å². The van der Waals surface area contributed by atoms with Crippen LogP contribution in [0.15, 0.2) is 41.6 Å². The zero-order valence-corrected chi connectivity index (χ0v) is 16.5. The third kappa shape index (κ3) is 4.16. The van der Waals surface area contributed by atoms with E-state index in [2.05, 4.69) is 20.4 Å². The summed E-state index contributed by atoms with van der Waals surface area (Å²) in [5.41, 5.74) is 2.90. The molecule has 0 bridgehead atoms. The molecule has 1 N–H and O–H groups in total. The highest BCUT2D eigenvalue weighted by Crippen LogP contribution is 2.31. The normalized spacial score (nSPS) is 11.1. The van der Waals surface area contributed by atoms with Gasteiger partial charge in [0.05, 0.1) is 17.6 Å². The Balaban J connectivity index is 2.00. The predicted octanol–water partition coefficient (Wildman–Crippen LogP) is 4.21. The van der Waals surface area contributed by atoms with Crippen molar-refractivity contribution in [3.63, 3.8) is 0 Å². The molecule has 3 aromatic rings. The lowest BCUT2D eigenvalue weighted by Gasteiger charge is -2.13. The zero-order chi connectivity index (χ0) is 21.1. The van der Waals surface area contributed by atoms with Crippen LogP contribution in [0, 0.1) is 25.6 Å². The van der Waals surface area contributed by atoms with Gasteiger partial charge in [-0.05, 0) is 42.7 Å². The molecule has 1 aromatic heterocycles. The number of halogens is 2. The van der Waals surface area contributed by atoms with Gasteiger partial charge in [0.1, 0.15) is 18.5 Å². The third-order valence-electron chi connectivity index (χ3n) is 4.46. The molecule has 0 fully saturated rings. The standard InChI is InChI=1S/C21H20F2N4O2/c1-12-9-16(15-7-5-14(6-8-15)11-24-29-4)18(10-17(12)22)25-21(28)19-13(2)26-27(3)20(19)23/h5-11H,1-4H3,(H,25,28). The Kier molecular flexibility index (Phi) is 5.72. The predicted molar refractivity (Wildman–Crippen MR) is 107 cm³/mol. The molecule has 6 nitrogen and oxygen atoms in total. The number of benzene rings is 2. The Morgan fingerprint density at radius 2 is 1.90 bits per heavy atom. The van der Waals surface area contributed by atoms with Gasteiger partial charge in [-0.1, -0.05) is 29.4 Å². The minimum absolute atomic E-state index is 0.175. The Morgan fingerprint density at radius 3 is 2.48 bits per heavy atom. The van der Waals surface area contributed by atoms with Crippen LogP contribution < -0.4 is 5.32 Å². The minimum atomic E-state index is -0.754. The van der Waals surface area contributed by atoms with E-state index in [4.69, 9.17) is 0 Å². The fourth-order valence-electron chi connectivity index (χ4n) is 2.96. The first-order valence-electron chi connectivity index (χ1n) is 8.79. The van der Waals surface area contributed by atoms with Crippen LogP contribution in [0.3, 0.4) is 0 Å². The number of oxime groups is 1. The number of hydrogen-bond donors (Lipinski definition) is 1. The molecule has 150 valence electrons. The average Bonchev–Trinajstić information content (AvgIpc) is 2.95. The van der Waals surface area contributed by atoms with Crippen LogP contribution in [0.4, 0.5) is 14.5 Å². The maximum absolute atomic E-state index is 14.2. The Labute approximate surface area is 166 Å². The van der Waals surface area contributed by atoms with E-state index in [-0.39, 0.29) is 16.9 Å². The largest absolute Gasteiger partial charge is 0.399 e. The van der Waals surface area contributed by atoms with Crippen LogP contribution in [0.1, 0.15) is 27.2 Å². The van der Waals surface area contributed by atoms with Gasteiger partial charge in [0, 0.05) is 12.6 Å². The van der Waals surface area contributed by atoms with Gasteiger partial charge < -0.3 is 10.2 Å². The molecule has 0 saturated carbocycles. The number of carbonyl (C=O) groups excluding carboxylic acids is 1. The lowest BCUT2D eigenvalue weighted by Crippen LogP contribution is -2.15. The first-order chi connectivity index (χ1) is 13.8. The van der Waals surface area contributed by atoms with Crippen molar-refractivity contribution < 1.29 is 18.4 Å². The lowest BCUT2D eigenvalue weighted by molar-refractivity contribution is 0.102. The molecular weight excluding hydrogens is 378 g/mol. The van der Waals surface area contributed by atoms with Crippen molar-refractivity contribution in [2.24, 2.45) is 12.2 Å². The molecule has 0 spiro atoms. The quantitative estimate of drug-likeness (QED) is 0.517. The number of hydrogen-bond acceptors (Lipinski definition) is 4. The minimum Gasteiger partial charge on any atom is -0.399 e. The average molecular weight is 398 g/mol. The van der Waals surface area contributed by atoms with Crippen LogP contribution in [0.25, 0.3) is 11.1 Å². The third-order valence-corrected chi connectivity index (χ3v) is 4.46. The summed E-state index contributed by atoms with van der Waals surface area (Å²) in [6, 6.07) is 10.1. The van der Waals surface area contributed by atoms with Crippen LogP contribution in [-0.2, 0) is 11.9 Å². The van der Waals surface area contributed by atoms with Crippen molar-refractivity contribution in [2.75, 3.05) is 12.4 Å². The summed E-state index contributed by atoms with van der Waals surface area (Å²) < 4.78 is 29.4. The number of rotatable bonds is 5. The van der Waals surface area contributed by atoms with Gasteiger partial charge >= 0.3 is 0 Å². The molecule has 1 heterocycles. The van der Waals surface area contributed by atoms with E-state index in [9.17, 15) is 13.6 Å². The maximum Gasteiger partial charge on any atom is 0.262 e. The van der Waals surface area contributed by atoms with E-state index < -0.39 is 17.7 Å². The molecule has 8 heteroatoms. The molecule has 0 unspecified atom stereocenters. The van der Waals surface area contributed by atoms with E-state index in [0.717, 1.165) is 15.8 Å². The molecule has 29 heavy (non-hydrogen) atoms. The highest BCUT2D eigenvalue weighted by Gasteiger charge is 2.22. The van der Waals surface area contributed by atoms with Crippen molar-refractivity contribution in [1.82, 2.24) is 9.78 Å². The molecule has 0 atom stereocenters. The fourth-order valence-corrected chi connectivity index (χ4v) is 2.96. The van der Waals surface area contributed by atoms with Crippen LogP contribution in [0.2, 0.25) is 0 Å². The summed E-state index contributed by atoms with van der Waals surface area (Å²) >= 11 is 0. The molecule has 3 rings (SSSR count). The molecule has 0 radical (unpaired) electrons. The second kappa shape index (κ2) is 8.22. The Bertz CT molecular complexity index is 1090. The summed E-state index contributed by atoms with van der Waals surface area (Å²) in [5.74, 6) is -1.92. The molecule has 0 aliphatic heterocycles. The summed E-state index contributed by atoms with van der Waals surface area (Å²) in [4.78, 5) is 17.3. The molecule has 0 aliphatic carbocycles. The van der Waals surface area contributed by atoms with Crippen molar-refractivity contribution in [3.05, 3.63) is 70.5 Å². The van der Waals surface area contributed by atoms with E-state index >= 15 is 0 Å². The summed E-state index contributed by atoms with van der Waals surface area (Å²) in [5, 5.41) is 10.2. The van der Waals surface area contributed by atoms with E-state index in [1.165, 1.54) is 27.1 Å². The second-order valence-corrected chi connectivity index (χ2v) is 6.52. The van der Waals surface area contributed by atoms with Crippen LogP contribution in [0.5, 0.6) is 0 Å². The molecule has 0 aliphatic rings. The van der Waals surface area contributed by atoms with Crippen LogP contribution in [-0.4, -0.2) is 29.0 Å². The van der Waals surface area contributed by atoms with Gasteiger partial charge in [-0.2, -0.15) is 9.49 Å². The second-order valence-electron chi connectivity index (χ2n) is 6.52. The Hall–Kier alpha value is -3.55. The SMILES string of the molecule is CON=Cc1ccc(-c2cc(C)c(F)cc2NC(=O)c2c(C)nn(C)c2F)cc1. The molecule has 2 aromatic carbocycles. The summed E-state index contributed by atoms with van der Waals surface area (Å²) in [6.07, 6.45) is 1.55. The maximum atomic E-state index is 14.2. The summed E-state index contributed by atoms with van der Waals surface area (Å²) in [6.45, 7) is 3.17. The monoisotopic (exact) mass is 398 g/mol. The van der Waals surface area contributed by atoms with Crippen molar-refractivity contribution in [1.29, 1.82) is 0 Å². The van der Waals surface area contributed by atoms with E-state index in [0.29, 0.717) is 11.1 Å². The van der Waals surface area contributed by atoms with Crippen molar-refractivity contribution in [3.8, 4) is 11.1 Å². The van der Waals surface area contributed by atoms with Gasteiger partial charge in [-0.15, -0.1) is 0 Å². The zero-order valence-electron chi connectivity index (χ0n) is 16.5. The highest BCUT2D eigenvalue weighted by atomic mass is 19.1. The summed E-state index contributed by atoms with van der Waals surface area (Å²) in [7, 11) is 2.86. The molecule has 1 amide bonds. The van der Waals surface area contributed by atoms with E-state index in [1.54, 1.807) is 19.2 Å². The van der Waals surface area contributed by atoms with Crippen LogP contribution >= 0.6 is 0 Å². The van der Waals surface area contributed by atoms with Crippen molar-refractivity contribution >= 4 is 17.8 Å². The topological polar surface area (TPSA) is 68.5 Å². The number of carbonyl (C=O) groups is 1. The number of aromatic nitrogens is 2. The molecular formula is C21H20F2N4O2. The van der Waals surface area contributed by atoms with Gasteiger partial charge in [-0.25, -0.2) is 9.07 Å². The van der Waals surface area contributed by atoms with Gasteiger partial charge in [0.2, 0.25) is 5.95 Å². The number of nitrogens with one attached hydrogen (secondary N) is 1. The fraction of sp³-hybridized carbons (Fsp3) is 0.190. The number of anilines is 1. The van der Waals surface area contributed by atoms with Gasteiger partial charge in [-0.3, -0.25) is 4.79 Å².